The highest BCUT2D eigenvalue weighted by atomic mass is 79.9. The first-order chi connectivity index (χ1) is 8.97. The molecule has 0 saturated heterocycles. The maximum Gasteiger partial charge on any atom is 0.124 e. The molecule has 0 aliphatic heterocycles. The van der Waals surface area contributed by atoms with E-state index in [-0.39, 0.29) is 10.8 Å². The smallest absolute Gasteiger partial charge is 0.124 e. The van der Waals surface area contributed by atoms with E-state index in [1.807, 2.05) is 0 Å². The van der Waals surface area contributed by atoms with Gasteiger partial charge in [-0.25, -0.2) is 8.78 Å². The predicted molar refractivity (Wildman–Crippen MR) is 76.1 cm³/mol. The van der Waals surface area contributed by atoms with E-state index in [2.05, 4.69) is 15.9 Å². The molecule has 0 heterocycles. The minimum absolute atomic E-state index is 0.278. The summed E-state index contributed by atoms with van der Waals surface area (Å²) in [7, 11) is 0. The standard InChI is InChI=1S/C14H11BrClF2N/c15-12-4-2-9(17)5-8(12)6-14(19)11-3-1-10(18)7-13(11)16/h1-5,7,14H,6,19H2. The SMILES string of the molecule is NC(Cc1cc(F)ccc1Br)c1ccc(F)cc1Cl. The van der Waals surface area contributed by atoms with Gasteiger partial charge in [0, 0.05) is 15.5 Å². The minimum atomic E-state index is -0.425. The Balaban J connectivity index is 2.25. The van der Waals surface area contributed by atoms with Crippen molar-refractivity contribution in [1.29, 1.82) is 0 Å². The molecule has 2 aromatic carbocycles. The number of benzene rings is 2. The quantitative estimate of drug-likeness (QED) is 0.862. The number of hydrogen-bond donors (Lipinski definition) is 1. The molecule has 1 atom stereocenters. The zero-order chi connectivity index (χ0) is 14.0. The fraction of sp³-hybridized carbons (Fsp3) is 0.143. The van der Waals surface area contributed by atoms with Gasteiger partial charge in [0.15, 0.2) is 0 Å². The Labute approximate surface area is 123 Å². The van der Waals surface area contributed by atoms with Crippen molar-refractivity contribution in [3.63, 3.8) is 0 Å². The van der Waals surface area contributed by atoms with E-state index >= 15 is 0 Å². The molecular weight excluding hydrogens is 336 g/mol. The Kier molecular flexibility index (Phi) is 4.55. The molecule has 19 heavy (non-hydrogen) atoms. The summed E-state index contributed by atoms with van der Waals surface area (Å²) in [5.74, 6) is -0.733. The van der Waals surface area contributed by atoms with Crippen molar-refractivity contribution in [2.24, 2.45) is 5.73 Å². The molecule has 0 bridgehead atoms. The molecule has 0 spiro atoms. The van der Waals surface area contributed by atoms with Crippen molar-refractivity contribution in [3.8, 4) is 0 Å². The highest BCUT2D eigenvalue weighted by molar-refractivity contribution is 9.10. The van der Waals surface area contributed by atoms with Crippen molar-refractivity contribution in [1.82, 2.24) is 0 Å². The second-order valence-corrected chi connectivity index (χ2v) is 5.47. The van der Waals surface area contributed by atoms with E-state index in [4.69, 9.17) is 17.3 Å². The largest absolute Gasteiger partial charge is 0.324 e. The van der Waals surface area contributed by atoms with Crippen LogP contribution < -0.4 is 5.73 Å². The number of halogens is 4. The summed E-state index contributed by atoms with van der Waals surface area (Å²) in [6, 6.07) is 8.06. The van der Waals surface area contributed by atoms with Crippen molar-refractivity contribution in [3.05, 3.63) is 68.7 Å². The lowest BCUT2D eigenvalue weighted by Gasteiger charge is -2.15. The first-order valence-corrected chi connectivity index (χ1v) is 6.79. The molecule has 100 valence electrons. The summed E-state index contributed by atoms with van der Waals surface area (Å²) in [4.78, 5) is 0. The fourth-order valence-corrected chi connectivity index (χ4v) is 2.56. The van der Waals surface area contributed by atoms with Gasteiger partial charge < -0.3 is 5.73 Å². The third-order valence-corrected chi connectivity index (χ3v) is 3.91. The van der Waals surface area contributed by atoms with Gasteiger partial charge in [-0.2, -0.15) is 0 Å². The lowest BCUT2D eigenvalue weighted by molar-refractivity contribution is 0.619. The Morgan fingerprint density at radius 2 is 1.74 bits per heavy atom. The van der Waals surface area contributed by atoms with E-state index in [0.29, 0.717) is 12.0 Å². The maximum absolute atomic E-state index is 13.2. The molecule has 2 aromatic rings. The van der Waals surface area contributed by atoms with Crippen LogP contribution in [0.3, 0.4) is 0 Å². The van der Waals surface area contributed by atoms with Gasteiger partial charge in [0.25, 0.3) is 0 Å². The first kappa shape index (κ1) is 14.4. The summed E-state index contributed by atoms with van der Waals surface area (Å²) >= 11 is 9.30. The number of hydrogen-bond acceptors (Lipinski definition) is 1. The zero-order valence-corrected chi connectivity index (χ0v) is 12.2. The van der Waals surface area contributed by atoms with Crippen LogP contribution in [0.15, 0.2) is 40.9 Å². The highest BCUT2D eigenvalue weighted by Crippen LogP contribution is 2.27. The predicted octanol–water partition coefficient (Wildman–Crippen LogP) is 4.62. The van der Waals surface area contributed by atoms with E-state index in [9.17, 15) is 8.78 Å². The van der Waals surface area contributed by atoms with Crippen molar-refractivity contribution >= 4 is 27.5 Å². The van der Waals surface area contributed by atoms with Crippen LogP contribution in [-0.4, -0.2) is 0 Å². The van der Waals surface area contributed by atoms with E-state index < -0.39 is 11.9 Å². The van der Waals surface area contributed by atoms with Crippen LogP contribution in [0.4, 0.5) is 8.78 Å². The normalized spacial score (nSPS) is 12.5. The molecular formula is C14H11BrClF2N. The molecule has 0 aromatic heterocycles. The number of nitrogens with two attached hydrogens (primary N) is 1. The molecule has 0 saturated carbocycles. The maximum atomic E-state index is 13.2. The third-order valence-electron chi connectivity index (χ3n) is 2.81. The molecule has 0 fully saturated rings. The van der Waals surface area contributed by atoms with Crippen molar-refractivity contribution < 1.29 is 8.78 Å². The molecule has 0 aliphatic carbocycles. The molecule has 5 heteroatoms. The van der Waals surface area contributed by atoms with Gasteiger partial charge in [0.2, 0.25) is 0 Å². The van der Waals surface area contributed by atoms with Crippen LogP contribution in [0.1, 0.15) is 17.2 Å². The van der Waals surface area contributed by atoms with Gasteiger partial charge in [-0.05, 0) is 47.9 Å². The molecule has 0 amide bonds. The van der Waals surface area contributed by atoms with Gasteiger partial charge in [-0.3, -0.25) is 0 Å². The Hall–Kier alpha value is -0.970. The summed E-state index contributed by atoms with van der Waals surface area (Å²) in [5, 5.41) is 0.278. The summed E-state index contributed by atoms with van der Waals surface area (Å²) in [5.41, 5.74) is 7.43. The molecule has 0 aliphatic rings. The molecule has 1 nitrogen and oxygen atoms in total. The van der Waals surface area contributed by atoms with Crippen LogP contribution in [0.2, 0.25) is 5.02 Å². The monoisotopic (exact) mass is 345 g/mol. The Morgan fingerprint density at radius 1 is 1.11 bits per heavy atom. The van der Waals surface area contributed by atoms with Gasteiger partial charge >= 0.3 is 0 Å². The van der Waals surface area contributed by atoms with Gasteiger partial charge in [0.1, 0.15) is 11.6 Å². The van der Waals surface area contributed by atoms with Crippen LogP contribution in [0.25, 0.3) is 0 Å². The fourth-order valence-electron chi connectivity index (χ4n) is 1.85. The average Bonchev–Trinajstić information content (AvgIpc) is 2.33. The van der Waals surface area contributed by atoms with E-state index in [1.165, 1.54) is 24.3 Å². The second kappa shape index (κ2) is 5.99. The Bertz CT molecular complexity index is 604. The van der Waals surface area contributed by atoms with Crippen LogP contribution in [-0.2, 0) is 6.42 Å². The van der Waals surface area contributed by atoms with Crippen LogP contribution in [0.5, 0.6) is 0 Å². The van der Waals surface area contributed by atoms with E-state index in [1.54, 1.807) is 12.1 Å². The Morgan fingerprint density at radius 3 is 2.42 bits per heavy atom. The highest BCUT2D eigenvalue weighted by Gasteiger charge is 2.13. The topological polar surface area (TPSA) is 26.0 Å². The summed E-state index contributed by atoms with van der Waals surface area (Å²) in [6.45, 7) is 0. The minimum Gasteiger partial charge on any atom is -0.324 e. The van der Waals surface area contributed by atoms with Crippen molar-refractivity contribution in [2.45, 2.75) is 12.5 Å². The molecule has 1 unspecified atom stereocenters. The van der Waals surface area contributed by atoms with Crippen molar-refractivity contribution in [2.75, 3.05) is 0 Å². The molecule has 2 rings (SSSR count). The second-order valence-electron chi connectivity index (χ2n) is 4.21. The molecule has 0 radical (unpaired) electrons. The third kappa shape index (κ3) is 3.53. The van der Waals surface area contributed by atoms with E-state index in [0.717, 1.165) is 10.0 Å². The first-order valence-electron chi connectivity index (χ1n) is 5.62. The lowest BCUT2D eigenvalue weighted by atomic mass is 9.99. The summed E-state index contributed by atoms with van der Waals surface area (Å²) < 4.78 is 26.9. The van der Waals surface area contributed by atoms with Gasteiger partial charge in [-0.15, -0.1) is 0 Å². The van der Waals surface area contributed by atoms with Gasteiger partial charge in [0.05, 0.1) is 0 Å². The number of rotatable bonds is 3. The van der Waals surface area contributed by atoms with Gasteiger partial charge in [-0.1, -0.05) is 33.6 Å². The average molecular weight is 347 g/mol. The molecule has 2 N–H and O–H groups in total. The summed E-state index contributed by atoms with van der Waals surface area (Å²) in [6.07, 6.45) is 0.406. The van der Waals surface area contributed by atoms with Crippen LogP contribution in [0, 0.1) is 11.6 Å². The zero-order valence-electron chi connectivity index (χ0n) is 9.84. The van der Waals surface area contributed by atoms with Crippen LogP contribution >= 0.6 is 27.5 Å². The lowest BCUT2D eigenvalue weighted by Crippen LogP contribution is -2.14.